The van der Waals surface area contributed by atoms with E-state index in [-0.39, 0.29) is 18.4 Å². The summed E-state index contributed by atoms with van der Waals surface area (Å²) in [7, 11) is 0. The number of nitrogens with zero attached hydrogens (tertiary/aromatic N) is 3. The molecule has 178 valence electrons. The van der Waals surface area contributed by atoms with E-state index in [1.54, 1.807) is 12.4 Å². The van der Waals surface area contributed by atoms with Gasteiger partial charge >= 0.3 is 0 Å². The first-order valence-corrected chi connectivity index (χ1v) is 11.9. The Labute approximate surface area is 201 Å². The number of aliphatic hydroxyl groups excluding tert-OH is 1. The van der Waals surface area contributed by atoms with Crippen LogP contribution >= 0.6 is 0 Å². The number of aryl methyl sites for hydroxylation is 1. The summed E-state index contributed by atoms with van der Waals surface area (Å²) < 4.78 is 5.71. The fraction of sp³-hybridized carbons (Fsp3) is 0.357. The fourth-order valence-electron chi connectivity index (χ4n) is 4.41. The maximum atomic E-state index is 13.6. The van der Waals surface area contributed by atoms with Gasteiger partial charge in [0.25, 0.3) is 0 Å². The van der Waals surface area contributed by atoms with Crippen LogP contribution < -0.4 is 0 Å². The molecule has 6 heteroatoms. The molecule has 3 aromatic rings. The van der Waals surface area contributed by atoms with E-state index in [0.29, 0.717) is 26.2 Å². The van der Waals surface area contributed by atoms with Gasteiger partial charge in [-0.25, -0.2) is 0 Å². The van der Waals surface area contributed by atoms with Crippen molar-refractivity contribution >= 4 is 5.91 Å². The lowest BCUT2D eigenvalue weighted by Crippen LogP contribution is -2.51. The Balaban J connectivity index is 1.28. The van der Waals surface area contributed by atoms with Gasteiger partial charge in [-0.15, -0.1) is 0 Å². The average Bonchev–Trinajstić information content (AvgIpc) is 2.87. The molecule has 0 spiro atoms. The molecule has 4 rings (SSSR count). The third-order valence-corrected chi connectivity index (χ3v) is 6.38. The van der Waals surface area contributed by atoms with Crippen molar-refractivity contribution in [3.8, 4) is 0 Å². The van der Waals surface area contributed by atoms with Crippen molar-refractivity contribution in [2.24, 2.45) is 0 Å². The van der Waals surface area contributed by atoms with Crippen molar-refractivity contribution in [1.29, 1.82) is 0 Å². The van der Waals surface area contributed by atoms with Crippen LogP contribution in [0.15, 0.2) is 79.1 Å². The van der Waals surface area contributed by atoms with Gasteiger partial charge in [0.1, 0.15) is 0 Å². The molecule has 6 nitrogen and oxygen atoms in total. The predicted octanol–water partition coefficient (Wildman–Crippen LogP) is 3.24. The summed E-state index contributed by atoms with van der Waals surface area (Å²) in [5.74, 6) is -0.170. The van der Waals surface area contributed by atoms with Crippen LogP contribution in [0.1, 0.15) is 28.2 Å². The monoisotopic (exact) mass is 459 g/mol. The summed E-state index contributed by atoms with van der Waals surface area (Å²) >= 11 is 0. The largest absolute Gasteiger partial charge is 0.389 e. The summed E-state index contributed by atoms with van der Waals surface area (Å²) in [4.78, 5) is 21.8. The van der Waals surface area contributed by atoms with Crippen LogP contribution in [-0.4, -0.2) is 71.2 Å². The highest BCUT2D eigenvalue weighted by atomic mass is 16.5. The minimum atomic E-state index is -0.569. The van der Waals surface area contributed by atoms with E-state index < -0.39 is 6.10 Å². The Bertz CT molecular complexity index is 998. The van der Waals surface area contributed by atoms with E-state index >= 15 is 0 Å². The van der Waals surface area contributed by atoms with E-state index in [0.717, 1.165) is 35.3 Å². The third kappa shape index (κ3) is 6.29. The van der Waals surface area contributed by atoms with Gasteiger partial charge in [-0.1, -0.05) is 60.7 Å². The number of pyridine rings is 1. The van der Waals surface area contributed by atoms with Crippen molar-refractivity contribution < 1.29 is 14.6 Å². The van der Waals surface area contributed by atoms with Gasteiger partial charge in [0.2, 0.25) is 5.91 Å². The summed E-state index contributed by atoms with van der Waals surface area (Å²) in [5, 5.41) is 10.4. The number of rotatable bonds is 9. The SMILES string of the molecule is Cc1ccncc1COCC(O)CN1CCN(C(=O)C(c2ccccc2)c2ccccc2)CC1. The molecular weight excluding hydrogens is 426 g/mol. The summed E-state index contributed by atoms with van der Waals surface area (Å²) in [6, 6.07) is 21.9. The van der Waals surface area contributed by atoms with Crippen molar-refractivity contribution in [2.45, 2.75) is 25.6 Å². The minimum Gasteiger partial charge on any atom is -0.389 e. The lowest BCUT2D eigenvalue weighted by atomic mass is 9.90. The van der Waals surface area contributed by atoms with Crippen LogP contribution in [0.2, 0.25) is 0 Å². The molecule has 1 saturated heterocycles. The fourth-order valence-corrected chi connectivity index (χ4v) is 4.41. The summed E-state index contributed by atoms with van der Waals surface area (Å²) in [6.07, 6.45) is 3.00. The first kappa shape index (κ1) is 24.1. The molecule has 2 aromatic carbocycles. The second-order valence-electron chi connectivity index (χ2n) is 8.85. The topological polar surface area (TPSA) is 65.9 Å². The summed E-state index contributed by atoms with van der Waals surface area (Å²) in [5.41, 5.74) is 4.19. The van der Waals surface area contributed by atoms with Crippen LogP contribution in [-0.2, 0) is 16.1 Å². The Hall–Kier alpha value is -3.06. The van der Waals surface area contributed by atoms with Gasteiger partial charge in [0, 0.05) is 45.1 Å². The van der Waals surface area contributed by atoms with Gasteiger partial charge in [-0.3, -0.25) is 14.7 Å². The number of hydrogen-bond acceptors (Lipinski definition) is 5. The molecule has 1 fully saturated rings. The van der Waals surface area contributed by atoms with Gasteiger partial charge < -0.3 is 14.7 Å². The number of β-amino-alcohol motifs (C(OH)–C–C–N with tert-alkyl or cyclic N) is 1. The van der Waals surface area contributed by atoms with Gasteiger partial charge in [-0.05, 0) is 35.2 Å². The molecule has 1 unspecified atom stereocenters. The van der Waals surface area contributed by atoms with Crippen LogP contribution in [0.5, 0.6) is 0 Å². The maximum Gasteiger partial charge on any atom is 0.234 e. The quantitative estimate of drug-likeness (QED) is 0.532. The number of carbonyl (C=O) groups excluding carboxylic acids is 1. The minimum absolute atomic E-state index is 0.132. The number of benzene rings is 2. The number of aromatic nitrogens is 1. The molecule has 0 aliphatic carbocycles. The lowest BCUT2D eigenvalue weighted by molar-refractivity contribution is -0.133. The van der Waals surface area contributed by atoms with E-state index in [1.165, 1.54) is 0 Å². The Morgan fingerprint density at radius 1 is 0.971 bits per heavy atom. The highest BCUT2D eigenvalue weighted by molar-refractivity contribution is 5.87. The molecule has 0 saturated carbocycles. The van der Waals surface area contributed by atoms with Crippen molar-refractivity contribution in [2.75, 3.05) is 39.3 Å². The first-order valence-electron chi connectivity index (χ1n) is 11.9. The standard InChI is InChI=1S/C28H33N3O3/c1-22-12-13-29-18-25(22)20-34-21-26(32)19-30-14-16-31(17-15-30)28(33)27(23-8-4-2-5-9-23)24-10-6-3-7-11-24/h2-13,18,26-27,32H,14-17,19-21H2,1H3. The molecule has 2 heterocycles. The predicted molar refractivity (Wildman–Crippen MR) is 132 cm³/mol. The number of piperazine rings is 1. The van der Waals surface area contributed by atoms with E-state index in [1.807, 2.05) is 78.6 Å². The number of hydrogen-bond donors (Lipinski definition) is 1. The van der Waals surface area contributed by atoms with E-state index in [9.17, 15) is 9.90 Å². The van der Waals surface area contributed by atoms with Gasteiger partial charge in [0.15, 0.2) is 0 Å². The second-order valence-corrected chi connectivity index (χ2v) is 8.85. The Morgan fingerprint density at radius 2 is 1.59 bits per heavy atom. The number of ether oxygens (including phenoxy) is 1. The Kier molecular flexibility index (Phi) is 8.41. The van der Waals surface area contributed by atoms with Gasteiger partial charge in [0.05, 0.1) is 25.2 Å². The maximum absolute atomic E-state index is 13.6. The van der Waals surface area contributed by atoms with Crippen molar-refractivity contribution in [1.82, 2.24) is 14.8 Å². The first-order chi connectivity index (χ1) is 16.6. The zero-order valence-corrected chi connectivity index (χ0v) is 19.7. The van der Waals surface area contributed by atoms with Crippen LogP contribution in [0, 0.1) is 6.92 Å². The average molecular weight is 460 g/mol. The molecule has 1 amide bonds. The highest BCUT2D eigenvalue weighted by Crippen LogP contribution is 2.27. The summed E-state index contributed by atoms with van der Waals surface area (Å²) in [6.45, 7) is 6.06. The van der Waals surface area contributed by atoms with Crippen LogP contribution in [0.4, 0.5) is 0 Å². The Morgan fingerprint density at radius 3 is 2.18 bits per heavy atom. The second kappa shape index (κ2) is 11.9. The molecular formula is C28H33N3O3. The number of carbonyl (C=O) groups is 1. The molecule has 1 aliphatic heterocycles. The molecule has 0 bridgehead atoms. The smallest absolute Gasteiger partial charge is 0.234 e. The van der Waals surface area contributed by atoms with Crippen molar-refractivity contribution in [3.63, 3.8) is 0 Å². The molecule has 1 aromatic heterocycles. The third-order valence-electron chi connectivity index (χ3n) is 6.38. The normalized spacial score (nSPS) is 15.4. The molecule has 1 aliphatic rings. The molecule has 0 radical (unpaired) electrons. The molecule has 1 atom stereocenters. The lowest BCUT2D eigenvalue weighted by Gasteiger charge is -2.37. The molecule has 34 heavy (non-hydrogen) atoms. The number of amides is 1. The van der Waals surface area contributed by atoms with E-state index in [2.05, 4.69) is 9.88 Å². The molecule has 1 N–H and O–H groups in total. The van der Waals surface area contributed by atoms with Crippen LogP contribution in [0.3, 0.4) is 0 Å². The zero-order valence-electron chi connectivity index (χ0n) is 19.7. The van der Waals surface area contributed by atoms with E-state index in [4.69, 9.17) is 4.74 Å². The van der Waals surface area contributed by atoms with Gasteiger partial charge in [-0.2, -0.15) is 0 Å². The van der Waals surface area contributed by atoms with Crippen molar-refractivity contribution in [3.05, 3.63) is 101 Å². The highest BCUT2D eigenvalue weighted by Gasteiger charge is 2.30. The zero-order chi connectivity index (χ0) is 23.8. The van der Waals surface area contributed by atoms with Crippen LogP contribution in [0.25, 0.3) is 0 Å². The number of aliphatic hydroxyl groups is 1.